The van der Waals surface area contributed by atoms with Crippen molar-refractivity contribution >= 4 is 40.0 Å². The molecule has 2 fully saturated rings. The summed E-state index contributed by atoms with van der Waals surface area (Å²) in [4.78, 5) is 30.9. The maximum Gasteiger partial charge on any atom is 0.257 e. The Labute approximate surface area is 193 Å². The molecule has 1 saturated heterocycles. The van der Waals surface area contributed by atoms with Crippen molar-refractivity contribution in [2.75, 3.05) is 18.4 Å². The van der Waals surface area contributed by atoms with E-state index < -0.39 is 0 Å². The van der Waals surface area contributed by atoms with Crippen LogP contribution in [0.1, 0.15) is 60.4 Å². The summed E-state index contributed by atoms with van der Waals surface area (Å²) >= 11 is 6.17. The normalized spacial score (nSPS) is 17.7. The van der Waals surface area contributed by atoms with Crippen molar-refractivity contribution in [1.82, 2.24) is 9.88 Å². The molecule has 5 nitrogen and oxygen atoms in total. The molecular weight excluding hydrogens is 422 g/mol. The summed E-state index contributed by atoms with van der Waals surface area (Å²) in [7, 11) is 0. The van der Waals surface area contributed by atoms with E-state index in [1.54, 1.807) is 18.2 Å². The molecule has 2 aliphatic rings. The van der Waals surface area contributed by atoms with E-state index in [-0.39, 0.29) is 11.8 Å². The number of aromatic nitrogens is 1. The van der Waals surface area contributed by atoms with E-state index in [2.05, 4.69) is 21.4 Å². The summed E-state index contributed by atoms with van der Waals surface area (Å²) in [5, 5.41) is 4.54. The number of likely N-dealkylation sites (tertiary alicyclic amines) is 1. The Kier molecular flexibility index (Phi) is 5.92. The van der Waals surface area contributed by atoms with E-state index in [0.717, 1.165) is 55.4 Å². The Morgan fingerprint density at radius 3 is 2.50 bits per heavy atom. The molecule has 6 heteroatoms. The quantitative estimate of drug-likeness (QED) is 0.515. The molecule has 0 bridgehead atoms. The molecule has 3 aromatic rings. The molecule has 1 aliphatic heterocycles. The van der Waals surface area contributed by atoms with Crippen LogP contribution in [0, 0.1) is 5.92 Å². The largest absolute Gasteiger partial charge is 0.361 e. The summed E-state index contributed by atoms with van der Waals surface area (Å²) in [6.45, 7) is 1.66. The highest BCUT2D eigenvalue weighted by Crippen LogP contribution is 2.36. The number of piperidine rings is 1. The van der Waals surface area contributed by atoms with Gasteiger partial charge in [-0.1, -0.05) is 36.6 Å². The lowest BCUT2D eigenvalue weighted by Gasteiger charge is -2.33. The lowest BCUT2D eigenvalue weighted by Crippen LogP contribution is -2.40. The second kappa shape index (κ2) is 8.99. The predicted octanol–water partition coefficient (Wildman–Crippen LogP) is 5.97. The molecule has 2 aromatic carbocycles. The average molecular weight is 450 g/mol. The number of anilines is 1. The van der Waals surface area contributed by atoms with Gasteiger partial charge >= 0.3 is 0 Å². The number of nitrogens with one attached hydrogen (secondary N) is 2. The van der Waals surface area contributed by atoms with E-state index in [4.69, 9.17) is 11.6 Å². The zero-order valence-electron chi connectivity index (χ0n) is 18.1. The van der Waals surface area contributed by atoms with Gasteiger partial charge < -0.3 is 15.2 Å². The van der Waals surface area contributed by atoms with Gasteiger partial charge in [0, 0.05) is 41.8 Å². The van der Waals surface area contributed by atoms with E-state index in [1.807, 2.05) is 24.3 Å². The van der Waals surface area contributed by atoms with Crippen LogP contribution in [0.4, 0.5) is 5.69 Å². The molecule has 0 unspecified atom stereocenters. The van der Waals surface area contributed by atoms with Gasteiger partial charge in [0.1, 0.15) is 0 Å². The third-order valence-electron chi connectivity index (χ3n) is 7.04. The van der Waals surface area contributed by atoms with Crippen molar-refractivity contribution in [3.8, 4) is 0 Å². The van der Waals surface area contributed by atoms with Crippen molar-refractivity contribution in [2.24, 2.45) is 5.92 Å². The molecule has 2 heterocycles. The van der Waals surface area contributed by atoms with Crippen LogP contribution in [0.25, 0.3) is 10.9 Å². The van der Waals surface area contributed by atoms with Gasteiger partial charge in [0.25, 0.3) is 5.91 Å². The van der Waals surface area contributed by atoms with Crippen LogP contribution in [0.3, 0.4) is 0 Å². The Balaban J connectivity index is 1.30. The van der Waals surface area contributed by atoms with Crippen LogP contribution < -0.4 is 5.32 Å². The second-order valence-corrected chi connectivity index (χ2v) is 9.43. The molecule has 1 aromatic heterocycles. The van der Waals surface area contributed by atoms with Crippen molar-refractivity contribution in [2.45, 2.75) is 44.4 Å². The molecule has 0 atom stereocenters. The van der Waals surface area contributed by atoms with Crippen LogP contribution >= 0.6 is 11.6 Å². The number of nitrogens with zero attached hydrogens (tertiary/aromatic N) is 1. The lowest BCUT2D eigenvalue weighted by atomic mass is 9.88. The highest BCUT2D eigenvalue weighted by molar-refractivity contribution is 6.34. The van der Waals surface area contributed by atoms with Gasteiger partial charge in [-0.2, -0.15) is 0 Å². The molecule has 2 amide bonds. The zero-order chi connectivity index (χ0) is 22.1. The van der Waals surface area contributed by atoms with E-state index in [9.17, 15) is 9.59 Å². The molecular formula is C26H28ClN3O2. The number of carbonyl (C=O) groups is 2. The number of carbonyl (C=O) groups excluding carboxylic acids is 2. The molecule has 0 spiro atoms. The topological polar surface area (TPSA) is 65.2 Å². The smallest absolute Gasteiger partial charge is 0.257 e. The molecule has 1 aliphatic carbocycles. The number of hydrogen-bond donors (Lipinski definition) is 2. The SMILES string of the molecule is O=C(Nc1ccc2[nH]cc(C3CCN(C(=O)C4CCCC4)CC3)c2c1)c1ccccc1Cl. The Morgan fingerprint density at radius 2 is 1.75 bits per heavy atom. The van der Waals surface area contributed by atoms with Crippen molar-refractivity contribution in [1.29, 1.82) is 0 Å². The highest BCUT2D eigenvalue weighted by Gasteiger charge is 2.31. The number of benzene rings is 2. The Hall–Kier alpha value is -2.79. The van der Waals surface area contributed by atoms with Gasteiger partial charge in [-0.25, -0.2) is 0 Å². The van der Waals surface area contributed by atoms with E-state index in [1.165, 1.54) is 18.4 Å². The first-order valence-corrected chi connectivity index (χ1v) is 11.9. The van der Waals surface area contributed by atoms with Gasteiger partial charge in [-0.3, -0.25) is 9.59 Å². The monoisotopic (exact) mass is 449 g/mol. The molecule has 166 valence electrons. The number of amides is 2. The lowest BCUT2D eigenvalue weighted by molar-refractivity contribution is -0.136. The van der Waals surface area contributed by atoms with Crippen molar-refractivity contribution < 1.29 is 9.59 Å². The van der Waals surface area contributed by atoms with Crippen molar-refractivity contribution in [3.63, 3.8) is 0 Å². The number of rotatable bonds is 4. The molecule has 1 saturated carbocycles. The standard InChI is InChI=1S/C26H28ClN3O2/c27-23-8-4-3-7-20(23)25(31)29-19-9-10-24-21(15-19)22(16-28-24)17-11-13-30(14-12-17)26(32)18-5-1-2-6-18/h3-4,7-10,15-18,28H,1-2,5-6,11-14H2,(H,29,31). The Morgan fingerprint density at radius 1 is 1.00 bits per heavy atom. The maximum atomic E-state index is 12.8. The van der Waals surface area contributed by atoms with Gasteiger partial charge in [-0.15, -0.1) is 0 Å². The van der Waals surface area contributed by atoms with Gasteiger partial charge in [0.2, 0.25) is 5.91 Å². The van der Waals surface area contributed by atoms with E-state index in [0.29, 0.717) is 22.4 Å². The number of H-pyrrole nitrogens is 1. The number of hydrogen-bond acceptors (Lipinski definition) is 2. The fourth-order valence-corrected chi connectivity index (χ4v) is 5.46. The molecule has 32 heavy (non-hydrogen) atoms. The minimum atomic E-state index is -0.217. The second-order valence-electron chi connectivity index (χ2n) is 9.02. The highest BCUT2D eigenvalue weighted by atomic mass is 35.5. The number of aromatic amines is 1. The predicted molar refractivity (Wildman–Crippen MR) is 128 cm³/mol. The van der Waals surface area contributed by atoms with Gasteiger partial charge in [-0.05, 0) is 67.5 Å². The summed E-state index contributed by atoms with van der Waals surface area (Å²) in [6, 6.07) is 13.0. The third-order valence-corrected chi connectivity index (χ3v) is 7.37. The minimum absolute atomic E-state index is 0.217. The molecule has 0 radical (unpaired) electrons. The first kappa shape index (κ1) is 21.1. The number of halogens is 1. The molecule has 2 N–H and O–H groups in total. The molecule has 5 rings (SSSR count). The third kappa shape index (κ3) is 4.14. The van der Waals surface area contributed by atoms with Crippen LogP contribution in [-0.2, 0) is 4.79 Å². The summed E-state index contributed by atoms with van der Waals surface area (Å²) < 4.78 is 0. The summed E-state index contributed by atoms with van der Waals surface area (Å²) in [6.07, 6.45) is 8.54. The fourth-order valence-electron chi connectivity index (χ4n) is 5.24. The first-order chi connectivity index (χ1) is 15.6. The number of fused-ring (bicyclic) bond motifs is 1. The summed E-state index contributed by atoms with van der Waals surface area (Å²) in [5.74, 6) is 0.810. The summed E-state index contributed by atoms with van der Waals surface area (Å²) in [5.41, 5.74) is 3.53. The van der Waals surface area contributed by atoms with Crippen LogP contribution in [0.2, 0.25) is 5.02 Å². The van der Waals surface area contributed by atoms with Gasteiger partial charge in [0.15, 0.2) is 0 Å². The average Bonchev–Trinajstić information content (AvgIpc) is 3.49. The van der Waals surface area contributed by atoms with Crippen LogP contribution in [0.15, 0.2) is 48.7 Å². The van der Waals surface area contributed by atoms with Crippen molar-refractivity contribution in [3.05, 3.63) is 64.8 Å². The minimum Gasteiger partial charge on any atom is -0.361 e. The first-order valence-electron chi connectivity index (χ1n) is 11.6. The zero-order valence-corrected chi connectivity index (χ0v) is 18.8. The van der Waals surface area contributed by atoms with Crippen LogP contribution in [0.5, 0.6) is 0 Å². The van der Waals surface area contributed by atoms with Crippen LogP contribution in [-0.4, -0.2) is 34.8 Å². The van der Waals surface area contributed by atoms with E-state index >= 15 is 0 Å². The maximum absolute atomic E-state index is 12.8. The fraction of sp³-hybridized carbons (Fsp3) is 0.385. The van der Waals surface area contributed by atoms with Gasteiger partial charge in [0.05, 0.1) is 10.6 Å². The Bertz CT molecular complexity index is 1140.